The number of carbonyl (C=O) groups excluding carboxylic acids is 2. The first-order valence-electron chi connectivity index (χ1n) is 10.0. The number of carbonyl (C=O) groups is 2. The van der Waals surface area contributed by atoms with Crippen molar-refractivity contribution in [3.63, 3.8) is 0 Å². The van der Waals surface area contributed by atoms with Crippen LogP contribution in [0.15, 0.2) is 30.5 Å². The smallest absolute Gasteiger partial charge is 0.422 e. The van der Waals surface area contributed by atoms with Crippen molar-refractivity contribution in [1.29, 1.82) is 0 Å². The molecule has 1 aromatic carbocycles. The number of benzene rings is 1. The van der Waals surface area contributed by atoms with Gasteiger partial charge in [-0.2, -0.15) is 13.2 Å². The number of hydrazine groups is 1. The average Bonchev–Trinajstić information content (AvgIpc) is 2.77. The van der Waals surface area contributed by atoms with Crippen LogP contribution in [0.4, 0.5) is 13.2 Å². The van der Waals surface area contributed by atoms with Crippen molar-refractivity contribution >= 4 is 11.8 Å². The summed E-state index contributed by atoms with van der Waals surface area (Å²) in [6.45, 7) is 4.62. The molecular formula is C21H24F3N3O6. The fourth-order valence-corrected chi connectivity index (χ4v) is 2.60. The summed E-state index contributed by atoms with van der Waals surface area (Å²) in [6.07, 6.45) is -3.44. The Bertz CT molecular complexity index is 941. The molecule has 12 heteroatoms. The van der Waals surface area contributed by atoms with Crippen molar-refractivity contribution < 1.29 is 41.7 Å². The summed E-state index contributed by atoms with van der Waals surface area (Å²) >= 11 is 0. The van der Waals surface area contributed by atoms with Gasteiger partial charge in [-0.3, -0.25) is 20.4 Å². The van der Waals surface area contributed by atoms with Crippen molar-refractivity contribution in [3.8, 4) is 23.1 Å². The van der Waals surface area contributed by atoms with Crippen molar-refractivity contribution in [2.75, 3.05) is 26.4 Å². The Morgan fingerprint density at radius 2 is 1.48 bits per heavy atom. The number of nitrogens with one attached hydrogen (secondary N) is 2. The minimum atomic E-state index is -4.61. The van der Waals surface area contributed by atoms with Crippen LogP contribution in [0.5, 0.6) is 23.1 Å². The predicted molar refractivity (Wildman–Crippen MR) is 111 cm³/mol. The van der Waals surface area contributed by atoms with E-state index in [-0.39, 0.29) is 22.6 Å². The number of hydrogen-bond donors (Lipinski definition) is 2. The van der Waals surface area contributed by atoms with Crippen LogP contribution in [0.1, 0.15) is 41.5 Å². The summed E-state index contributed by atoms with van der Waals surface area (Å²) < 4.78 is 58.5. The maximum Gasteiger partial charge on any atom is 0.422 e. The lowest BCUT2D eigenvalue weighted by Crippen LogP contribution is -2.42. The number of amides is 2. The molecule has 0 radical (unpaired) electrons. The van der Waals surface area contributed by atoms with Crippen LogP contribution in [0.2, 0.25) is 0 Å². The number of aromatic nitrogens is 1. The van der Waals surface area contributed by atoms with Crippen LogP contribution in [0, 0.1) is 0 Å². The van der Waals surface area contributed by atoms with E-state index in [1.165, 1.54) is 30.5 Å². The molecule has 0 fully saturated rings. The molecule has 0 saturated carbocycles. The van der Waals surface area contributed by atoms with E-state index in [9.17, 15) is 22.8 Å². The van der Waals surface area contributed by atoms with E-state index < -0.39 is 30.5 Å². The molecule has 0 aliphatic rings. The van der Waals surface area contributed by atoms with Gasteiger partial charge >= 0.3 is 6.18 Å². The number of pyridine rings is 1. The molecule has 0 bridgehead atoms. The zero-order valence-electron chi connectivity index (χ0n) is 18.2. The zero-order valence-corrected chi connectivity index (χ0v) is 18.2. The summed E-state index contributed by atoms with van der Waals surface area (Å²) in [4.78, 5) is 28.7. The summed E-state index contributed by atoms with van der Waals surface area (Å²) in [6, 6.07) is 5.38. The molecule has 1 aromatic heterocycles. The van der Waals surface area contributed by atoms with Crippen molar-refractivity contribution in [1.82, 2.24) is 15.8 Å². The highest BCUT2D eigenvalue weighted by molar-refractivity contribution is 6.00. The maximum absolute atomic E-state index is 12.6. The molecule has 2 aromatic rings. The molecular weight excluding hydrogens is 447 g/mol. The lowest BCUT2D eigenvalue weighted by molar-refractivity contribution is -0.154. The molecule has 9 nitrogen and oxygen atoms in total. The fraction of sp³-hybridized carbons (Fsp3) is 0.381. The van der Waals surface area contributed by atoms with Gasteiger partial charge in [0.15, 0.2) is 18.1 Å². The van der Waals surface area contributed by atoms with Gasteiger partial charge in [0.2, 0.25) is 11.6 Å². The van der Waals surface area contributed by atoms with Gasteiger partial charge in [0, 0.05) is 11.8 Å². The van der Waals surface area contributed by atoms with Crippen LogP contribution in [-0.4, -0.2) is 49.4 Å². The Morgan fingerprint density at radius 3 is 2.03 bits per heavy atom. The molecule has 0 aliphatic heterocycles. The first kappa shape index (κ1) is 25.6. The van der Waals surface area contributed by atoms with E-state index >= 15 is 0 Å². The van der Waals surface area contributed by atoms with E-state index in [0.29, 0.717) is 25.6 Å². The summed E-state index contributed by atoms with van der Waals surface area (Å²) in [5.74, 6) is -1.29. The van der Waals surface area contributed by atoms with E-state index in [2.05, 4.69) is 20.6 Å². The van der Waals surface area contributed by atoms with Gasteiger partial charge in [0.25, 0.3) is 11.8 Å². The molecule has 0 spiro atoms. The maximum atomic E-state index is 12.6. The predicted octanol–water partition coefficient (Wildman–Crippen LogP) is 3.29. The molecule has 0 atom stereocenters. The minimum absolute atomic E-state index is 0.0883. The Hall–Kier alpha value is -3.70. The topological polar surface area (TPSA) is 108 Å². The average molecular weight is 471 g/mol. The second-order valence-electron chi connectivity index (χ2n) is 6.27. The first-order chi connectivity index (χ1) is 15.7. The number of nitrogens with zero attached hydrogens (tertiary/aromatic N) is 1. The third-order valence-electron chi connectivity index (χ3n) is 3.85. The van der Waals surface area contributed by atoms with E-state index in [0.717, 1.165) is 0 Å². The molecule has 2 rings (SSSR count). The molecule has 2 amide bonds. The summed E-state index contributed by atoms with van der Waals surface area (Å²) in [5.41, 5.74) is 4.11. The highest BCUT2D eigenvalue weighted by Crippen LogP contribution is 2.39. The van der Waals surface area contributed by atoms with Crippen molar-refractivity contribution in [2.24, 2.45) is 0 Å². The lowest BCUT2D eigenvalue weighted by atomic mass is 10.1. The lowest BCUT2D eigenvalue weighted by Gasteiger charge is -2.17. The number of ether oxygens (including phenoxy) is 4. The van der Waals surface area contributed by atoms with Crippen LogP contribution in [0.25, 0.3) is 0 Å². The molecule has 2 N–H and O–H groups in total. The molecule has 0 unspecified atom stereocenters. The number of alkyl halides is 3. The number of halogens is 3. The van der Waals surface area contributed by atoms with Crippen molar-refractivity contribution in [2.45, 2.75) is 26.9 Å². The van der Waals surface area contributed by atoms with Crippen LogP contribution >= 0.6 is 0 Å². The van der Waals surface area contributed by atoms with Gasteiger partial charge in [-0.25, -0.2) is 4.98 Å². The van der Waals surface area contributed by atoms with Crippen LogP contribution < -0.4 is 29.8 Å². The van der Waals surface area contributed by atoms with Crippen LogP contribution in [-0.2, 0) is 0 Å². The highest BCUT2D eigenvalue weighted by atomic mass is 19.4. The second-order valence-corrected chi connectivity index (χ2v) is 6.27. The van der Waals surface area contributed by atoms with E-state index in [4.69, 9.17) is 14.2 Å². The van der Waals surface area contributed by atoms with E-state index in [1.54, 1.807) is 20.8 Å². The van der Waals surface area contributed by atoms with Gasteiger partial charge in [0.1, 0.15) is 5.56 Å². The SMILES string of the molecule is CCOc1cc(C(=O)NNC(=O)c2cccnc2OCC(F)(F)F)cc(OCC)c1OCC. The van der Waals surface area contributed by atoms with Crippen molar-refractivity contribution in [3.05, 3.63) is 41.6 Å². The Morgan fingerprint density at radius 1 is 0.909 bits per heavy atom. The standard InChI is InChI=1S/C21H24F3N3O6/c1-4-30-15-10-13(11-16(31-5-2)17(15)32-6-3)18(28)26-27-19(29)14-8-7-9-25-20(14)33-12-21(22,23)24/h7-11H,4-6,12H2,1-3H3,(H,26,28)(H,27,29). The quantitative estimate of drug-likeness (QED) is 0.512. The van der Waals surface area contributed by atoms with Gasteiger partial charge < -0.3 is 18.9 Å². The summed E-state index contributed by atoms with van der Waals surface area (Å²) in [5, 5.41) is 0. The monoisotopic (exact) mass is 471 g/mol. The van der Waals surface area contributed by atoms with Gasteiger partial charge in [-0.15, -0.1) is 0 Å². The molecule has 33 heavy (non-hydrogen) atoms. The Balaban J connectivity index is 2.18. The Labute approximate surface area is 188 Å². The fourth-order valence-electron chi connectivity index (χ4n) is 2.60. The van der Waals surface area contributed by atoms with Crippen LogP contribution in [0.3, 0.4) is 0 Å². The minimum Gasteiger partial charge on any atom is -0.490 e. The Kier molecular flexibility index (Phi) is 9.13. The third-order valence-corrected chi connectivity index (χ3v) is 3.85. The largest absolute Gasteiger partial charge is 0.490 e. The molecule has 1 heterocycles. The number of rotatable bonds is 10. The summed E-state index contributed by atoms with van der Waals surface area (Å²) in [7, 11) is 0. The van der Waals surface area contributed by atoms with Gasteiger partial charge in [-0.1, -0.05) is 0 Å². The van der Waals surface area contributed by atoms with E-state index in [1.807, 2.05) is 0 Å². The van der Waals surface area contributed by atoms with Gasteiger partial charge in [-0.05, 0) is 45.0 Å². The zero-order chi connectivity index (χ0) is 24.4. The molecule has 180 valence electrons. The normalized spacial score (nSPS) is 10.8. The number of hydrogen-bond acceptors (Lipinski definition) is 7. The first-order valence-corrected chi connectivity index (χ1v) is 10.0. The second kappa shape index (κ2) is 11.8. The molecule has 0 saturated heterocycles. The molecule has 0 aliphatic carbocycles. The highest BCUT2D eigenvalue weighted by Gasteiger charge is 2.29. The third kappa shape index (κ3) is 7.44. The van der Waals surface area contributed by atoms with Gasteiger partial charge in [0.05, 0.1) is 19.8 Å².